The Balaban J connectivity index is 1.62. The number of nitrogens with zero attached hydrogens (tertiary/aromatic N) is 4. The van der Waals surface area contributed by atoms with Crippen molar-refractivity contribution in [2.24, 2.45) is 7.05 Å². The van der Waals surface area contributed by atoms with Crippen molar-refractivity contribution in [2.45, 2.75) is 26.1 Å². The van der Waals surface area contributed by atoms with Gasteiger partial charge in [-0.3, -0.25) is 4.68 Å². The lowest BCUT2D eigenvalue weighted by molar-refractivity contribution is -0.142. The van der Waals surface area contributed by atoms with Crippen molar-refractivity contribution < 1.29 is 22.7 Å². The number of aromatic nitrogens is 4. The van der Waals surface area contributed by atoms with Crippen molar-refractivity contribution in [2.75, 3.05) is 6.61 Å². The van der Waals surface area contributed by atoms with Gasteiger partial charge in [0.1, 0.15) is 11.4 Å². The molecule has 0 bridgehead atoms. The number of esters is 1. The van der Waals surface area contributed by atoms with Crippen LogP contribution in [-0.2, 0) is 24.5 Å². The van der Waals surface area contributed by atoms with Crippen LogP contribution in [0, 0.1) is 6.92 Å². The summed E-state index contributed by atoms with van der Waals surface area (Å²) < 4.78 is 46.6. The Morgan fingerprint density at radius 2 is 2.00 bits per heavy atom. The molecule has 0 amide bonds. The predicted octanol–water partition coefficient (Wildman–Crippen LogP) is 3.34. The Hall–Kier alpha value is -2.84. The third-order valence-electron chi connectivity index (χ3n) is 3.92. The normalized spacial score (nSPS) is 11.9. The van der Waals surface area contributed by atoms with Crippen LogP contribution in [0.4, 0.5) is 13.2 Å². The monoisotopic (exact) mass is 366 g/mol. The lowest BCUT2D eigenvalue weighted by atomic mass is 10.2. The molecule has 0 fully saturated rings. The van der Waals surface area contributed by atoms with Crippen LogP contribution < -0.4 is 0 Å². The summed E-state index contributed by atoms with van der Waals surface area (Å²) in [5.74, 6) is -0.207. The summed E-state index contributed by atoms with van der Waals surface area (Å²) in [4.78, 5) is 16.4. The molecule has 26 heavy (non-hydrogen) atoms. The number of para-hydroxylation sites is 2. The number of aryl methyl sites for hydroxylation is 3. The number of alkyl halides is 3. The number of hydrogen-bond acceptors (Lipinski definition) is 4. The fraction of sp³-hybridized carbons (Fsp3) is 0.353. The van der Waals surface area contributed by atoms with Crippen molar-refractivity contribution in [1.29, 1.82) is 0 Å². The molecule has 0 atom stereocenters. The molecular formula is C17H17F3N4O2. The first-order chi connectivity index (χ1) is 12.3. The van der Waals surface area contributed by atoms with E-state index in [0.29, 0.717) is 13.0 Å². The van der Waals surface area contributed by atoms with Crippen LogP contribution in [0.3, 0.4) is 0 Å². The van der Waals surface area contributed by atoms with Crippen LogP contribution in [0.1, 0.15) is 28.3 Å². The van der Waals surface area contributed by atoms with Crippen LogP contribution >= 0.6 is 0 Å². The number of halogens is 3. The van der Waals surface area contributed by atoms with Gasteiger partial charge in [0.2, 0.25) is 0 Å². The smallest absolute Gasteiger partial charge is 0.436 e. The van der Waals surface area contributed by atoms with E-state index < -0.39 is 23.4 Å². The van der Waals surface area contributed by atoms with Gasteiger partial charge in [-0.05, 0) is 25.5 Å². The summed E-state index contributed by atoms with van der Waals surface area (Å²) in [5, 5.41) is 3.30. The summed E-state index contributed by atoms with van der Waals surface area (Å²) in [6.45, 7) is 2.41. The summed E-state index contributed by atoms with van der Waals surface area (Å²) >= 11 is 0. The van der Waals surface area contributed by atoms with Crippen molar-refractivity contribution in [3.8, 4) is 0 Å². The van der Waals surface area contributed by atoms with E-state index in [4.69, 9.17) is 4.74 Å². The minimum atomic E-state index is -4.71. The van der Waals surface area contributed by atoms with Gasteiger partial charge in [0, 0.05) is 19.8 Å². The molecule has 0 unspecified atom stereocenters. The van der Waals surface area contributed by atoms with Gasteiger partial charge < -0.3 is 9.30 Å². The van der Waals surface area contributed by atoms with Gasteiger partial charge in [0.15, 0.2) is 5.69 Å². The van der Waals surface area contributed by atoms with Crippen LogP contribution in [-0.4, -0.2) is 31.9 Å². The second kappa shape index (κ2) is 6.81. The number of fused-ring (bicyclic) bond motifs is 1. The molecule has 6 nitrogen and oxygen atoms in total. The van der Waals surface area contributed by atoms with E-state index in [0.717, 1.165) is 27.7 Å². The maximum absolute atomic E-state index is 12.9. The molecule has 0 aliphatic carbocycles. The molecular weight excluding hydrogens is 349 g/mol. The summed E-state index contributed by atoms with van der Waals surface area (Å²) in [6, 6.07) is 7.64. The third kappa shape index (κ3) is 3.56. The van der Waals surface area contributed by atoms with Crippen LogP contribution in [0.5, 0.6) is 0 Å². The van der Waals surface area contributed by atoms with Gasteiger partial charge in [-0.2, -0.15) is 18.3 Å². The maximum atomic E-state index is 12.9. The topological polar surface area (TPSA) is 61.9 Å². The van der Waals surface area contributed by atoms with E-state index in [2.05, 4.69) is 10.1 Å². The number of carbonyl (C=O) groups excluding carboxylic acids is 1. The first-order valence-electron chi connectivity index (χ1n) is 7.97. The standard InChI is InChI=1S/C17H17F3N4O2/c1-11-21-13-6-3-4-7-14(13)24(11)8-5-9-26-16(25)12-10-23(2)22-15(12)17(18,19)20/h3-4,6-7,10H,5,8-9H2,1-2H3. The van der Waals surface area contributed by atoms with Crippen molar-refractivity contribution in [1.82, 2.24) is 19.3 Å². The molecule has 1 aromatic carbocycles. The second-order valence-electron chi connectivity index (χ2n) is 5.85. The number of ether oxygens (including phenoxy) is 1. The van der Waals surface area contributed by atoms with E-state index in [1.165, 1.54) is 7.05 Å². The third-order valence-corrected chi connectivity index (χ3v) is 3.92. The number of rotatable bonds is 5. The molecule has 2 heterocycles. The number of benzene rings is 1. The first kappa shape index (κ1) is 18.0. The zero-order valence-corrected chi connectivity index (χ0v) is 14.2. The highest BCUT2D eigenvalue weighted by Gasteiger charge is 2.39. The van der Waals surface area contributed by atoms with E-state index in [1.807, 2.05) is 35.8 Å². The Morgan fingerprint density at radius 1 is 1.27 bits per heavy atom. The summed E-state index contributed by atoms with van der Waals surface area (Å²) in [5.41, 5.74) is 0.0147. The Morgan fingerprint density at radius 3 is 2.73 bits per heavy atom. The van der Waals surface area contributed by atoms with Gasteiger partial charge in [-0.1, -0.05) is 12.1 Å². The molecule has 0 saturated heterocycles. The van der Waals surface area contributed by atoms with Crippen molar-refractivity contribution in [3.63, 3.8) is 0 Å². The zero-order chi connectivity index (χ0) is 18.9. The Kier molecular flexibility index (Phi) is 4.71. The molecule has 0 saturated carbocycles. The van der Waals surface area contributed by atoms with E-state index in [9.17, 15) is 18.0 Å². The highest BCUT2D eigenvalue weighted by Crippen LogP contribution is 2.30. The molecule has 0 aliphatic heterocycles. The second-order valence-corrected chi connectivity index (χ2v) is 5.85. The highest BCUT2D eigenvalue weighted by molar-refractivity contribution is 5.90. The largest absolute Gasteiger partial charge is 0.462 e. The Labute approximate surface area is 147 Å². The fourth-order valence-corrected chi connectivity index (χ4v) is 2.79. The molecule has 2 aromatic heterocycles. The average Bonchev–Trinajstić information content (AvgIpc) is 3.11. The van der Waals surface area contributed by atoms with Crippen LogP contribution in [0.25, 0.3) is 11.0 Å². The van der Waals surface area contributed by atoms with Crippen LogP contribution in [0.15, 0.2) is 30.5 Å². The van der Waals surface area contributed by atoms with E-state index >= 15 is 0 Å². The maximum Gasteiger partial charge on any atom is 0.436 e. The number of carbonyl (C=O) groups is 1. The molecule has 0 aliphatic rings. The van der Waals surface area contributed by atoms with Gasteiger partial charge in [0.25, 0.3) is 0 Å². The molecule has 9 heteroatoms. The summed E-state index contributed by atoms with van der Waals surface area (Å²) in [6.07, 6.45) is -3.24. The van der Waals surface area contributed by atoms with Crippen molar-refractivity contribution >= 4 is 17.0 Å². The van der Waals surface area contributed by atoms with Crippen LogP contribution in [0.2, 0.25) is 0 Å². The quantitative estimate of drug-likeness (QED) is 0.513. The van der Waals surface area contributed by atoms with Gasteiger partial charge in [-0.15, -0.1) is 0 Å². The average molecular weight is 366 g/mol. The van der Waals surface area contributed by atoms with E-state index in [-0.39, 0.29) is 6.61 Å². The molecule has 0 N–H and O–H groups in total. The van der Waals surface area contributed by atoms with Gasteiger partial charge in [-0.25, -0.2) is 9.78 Å². The van der Waals surface area contributed by atoms with Crippen molar-refractivity contribution in [3.05, 3.63) is 47.5 Å². The molecule has 138 valence electrons. The highest BCUT2D eigenvalue weighted by atomic mass is 19.4. The van der Waals surface area contributed by atoms with E-state index in [1.54, 1.807) is 0 Å². The SMILES string of the molecule is Cc1nc2ccccc2n1CCCOC(=O)c1cn(C)nc1C(F)(F)F. The minimum absolute atomic E-state index is 0.00300. The molecule has 0 spiro atoms. The fourth-order valence-electron chi connectivity index (χ4n) is 2.79. The van der Waals surface area contributed by atoms with Gasteiger partial charge in [0.05, 0.1) is 17.6 Å². The zero-order valence-electron chi connectivity index (χ0n) is 14.2. The number of hydrogen-bond donors (Lipinski definition) is 0. The molecule has 0 radical (unpaired) electrons. The first-order valence-corrected chi connectivity index (χ1v) is 7.97. The summed E-state index contributed by atoms with van der Waals surface area (Å²) in [7, 11) is 1.32. The Bertz CT molecular complexity index is 943. The number of imidazole rings is 1. The van der Waals surface area contributed by atoms with Gasteiger partial charge >= 0.3 is 12.1 Å². The molecule has 3 rings (SSSR count). The minimum Gasteiger partial charge on any atom is -0.462 e. The lowest BCUT2D eigenvalue weighted by Gasteiger charge is -2.09. The lowest BCUT2D eigenvalue weighted by Crippen LogP contribution is -2.15. The predicted molar refractivity (Wildman–Crippen MR) is 87.6 cm³/mol. The molecule has 3 aromatic rings.